The number of para-hydroxylation sites is 1. The molecule has 1 aliphatic heterocycles. The Balaban J connectivity index is 1.84. The molecule has 0 bridgehead atoms. The molecule has 3 rings (SSSR count). The lowest BCUT2D eigenvalue weighted by Crippen LogP contribution is -2.38. The van der Waals surface area contributed by atoms with Crippen LogP contribution in [-0.4, -0.2) is 17.6 Å². The normalized spacial score (nSPS) is 18.6. The molecule has 0 radical (unpaired) electrons. The minimum absolute atomic E-state index is 0.547. The fraction of sp³-hybridized carbons (Fsp3) is 0.471. The van der Waals surface area contributed by atoms with Crippen molar-refractivity contribution in [2.45, 2.75) is 39.4 Å². The molecule has 21 heavy (non-hydrogen) atoms. The molecule has 0 spiro atoms. The molecule has 0 amide bonds. The van der Waals surface area contributed by atoms with E-state index in [9.17, 15) is 0 Å². The summed E-state index contributed by atoms with van der Waals surface area (Å²) in [6.07, 6.45) is 3.20. The van der Waals surface area contributed by atoms with Gasteiger partial charge in [0.2, 0.25) is 0 Å². The van der Waals surface area contributed by atoms with Crippen molar-refractivity contribution >= 4 is 17.0 Å². The highest BCUT2D eigenvalue weighted by Crippen LogP contribution is 2.27. The summed E-state index contributed by atoms with van der Waals surface area (Å²) in [6.45, 7) is 7.58. The minimum Gasteiger partial charge on any atom is -0.365 e. The summed E-state index contributed by atoms with van der Waals surface area (Å²) in [5.74, 6) is 0.717. The van der Waals surface area contributed by atoms with Gasteiger partial charge in [0, 0.05) is 35.9 Å². The molecule has 1 atom stereocenters. The van der Waals surface area contributed by atoms with E-state index in [0.29, 0.717) is 12.0 Å². The number of benzene rings is 1. The summed E-state index contributed by atoms with van der Waals surface area (Å²) in [5.41, 5.74) is 4.68. The Labute approximate surface area is 131 Å². The third-order valence-corrected chi connectivity index (χ3v) is 4.70. The van der Waals surface area contributed by atoms with Crippen molar-refractivity contribution in [3.63, 3.8) is 0 Å². The molecule has 1 aromatic heterocycles. The molecule has 112 valence electrons. The fourth-order valence-corrected chi connectivity index (χ4v) is 3.65. The van der Waals surface area contributed by atoms with Crippen LogP contribution in [0.3, 0.4) is 0 Å². The van der Waals surface area contributed by atoms with E-state index in [1.165, 1.54) is 22.5 Å². The van der Waals surface area contributed by atoms with Crippen LogP contribution >= 0.6 is 11.3 Å². The van der Waals surface area contributed by atoms with Crippen molar-refractivity contribution in [3.8, 4) is 0 Å². The summed E-state index contributed by atoms with van der Waals surface area (Å²) in [6, 6.07) is 9.30. The first-order valence-corrected chi connectivity index (χ1v) is 8.54. The van der Waals surface area contributed by atoms with E-state index >= 15 is 0 Å². The van der Waals surface area contributed by atoms with Crippen LogP contribution in [0.5, 0.6) is 0 Å². The van der Waals surface area contributed by atoms with Crippen molar-refractivity contribution in [1.29, 1.82) is 0 Å². The van der Waals surface area contributed by atoms with Crippen LogP contribution < -0.4 is 10.2 Å². The highest BCUT2D eigenvalue weighted by molar-refractivity contribution is 7.09. The van der Waals surface area contributed by atoms with Gasteiger partial charge in [-0.05, 0) is 24.0 Å². The van der Waals surface area contributed by atoms with Gasteiger partial charge in [0.05, 0.1) is 12.1 Å². The number of anilines is 1. The fourth-order valence-electron chi connectivity index (χ4n) is 3.04. The van der Waals surface area contributed by atoms with Gasteiger partial charge in [-0.1, -0.05) is 32.0 Å². The molecule has 1 aliphatic rings. The van der Waals surface area contributed by atoms with Crippen LogP contribution in [0.4, 0.5) is 5.69 Å². The predicted molar refractivity (Wildman–Crippen MR) is 89.7 cm³/mol. The van der Waals surface area contributed by atoms with Gasteiger partial charge in [0.1, 0.15) is 0 Å². The Hall–Kier alpha value is -1.39. The number of fused-ring (bicyclic) bond motifs is 1. The van der Waals surface area contributed by atoms with Crippen molar-refractivity contribution in [2.24, 2.45) is 5.92 Å². The van der Waals surface area contributed by atoms with E-state index in [-0.39, 0.29) is 0 Å². The molecule has 0 fully saturated rings. The van der Waals surface area contributed by atoms with E-state index < -0.39 is 0 Å². The Morgan fingerprint density at radius 3 is 3.00 bits per heavy atom. The Kier molecular flexibility index (Phi) is 4.56. The second-order valence-corrected chi connectivity index (χ2v) is 7.16. The molecule has 4 heteroatoms. The van der Waals surface area contributed by atoms with Crippen LogP contribution in [0, 0.1) is 5.92 Å². The molecule has 1 aromatic carbocycles. The molecular formula is C17H23N3S. The van der Waals surface area contributed by atoms with Gasteiger partial charge in [-0.25, -0.2) is 0 Å². The van der Waals surface area contributed by atoms with Crippen molar-refractivity contribution in [3.05, 3.63) is 46.4 Å². The summed E-state index contributed by atoms with van der Waals surface area (Å²) in [7, 11) is 0. The molecule has 0 saturated heterocycles. The minimum atomic E-state index is 0.547. The maximum absolute atomic E-state index is 4.21. The van der Waals surface area contributed by atoms with Gasteiger partial charge >= 0.3 is 0 Å². The lowest BCUT2D eigenvalue weighted by atomic mass is 10.0. The maximum atomic E-state index is 4.21. The molecule has 1 unspecified atom stereocenters. The van der Waals surface area contributed by atoms with Gasteiger partial charge in [-0.15, -0.1) is 11.3 Å². The lowest BCUT2D eigenvalue weighted by Gasteiger charge is -2.28. The smallest absolute Gasteiger partial charge is 0.0794 e. The molecule has 0 saturated carbocycles. The van der Waals surface area contributed by atoms with Gasteiger partial charge in [-0.2, -0.15) is 0 Å². The monoisotopic (exact) mass is 301 g/mol. The largest absolute Gasteiger partial charge is 0.365 e. The number of thiazole rings is 1. The zero-order valence-electron chi connectivity index (χ0n) is 12.7. The first-order chi connectivity index (χ1) is 10.2. The maximum Gasteiger partial charge on any atom is 0.0794 e. The molecule has 0 aliphatic carbocycles. The van der Waals surface area contributed by atoms with Gasteiger partial charge in [0.25, 0.3) is 0 Å². The molecule has 2 aromatic rings. The molecule has 2 heterocycles. The van der Waals surface area contributed by atoms with E-state index in [2.05, 4.69) is 53.3 Å². The van der Waals surface area contributed by atoms with Crippen molar-refractivity contribution < 1.29 is 0 Å². The van der Waals surface area contributed by atoms with Gasteiger partial charge < -0.3 is 10.2 Å². The second kappa shape index (κ2) is 6.58. The summed E-state index contributed by atoms with van der Waals surface area (Å²) >= 11 is 1.74. The first kappa shape index (κ1) is 14.5. The van der Waals surface area contributed by atoms with Crippen LogP contribution in [-0.2, 0) is 13.1 Å². The molecular weight excluding hydrogens is 278 g/mol. The zero-order chi connectivity index (χ0) is 14.7. The van der Waals surface area contributed by atoms with Gasteiger partial charge in [-0.3, -0.25) is 4.98 Å². The number of rotatable bonds is 4. The topological polar surface area (TPSA) is 28.2 Å². The average molecular weight is 301 g/mol. The Morgan fingerprint density at radius 1 is 1.38 bits per heavy atom. The second-order valence-electron chi connectivity index (χ2n) is 6.18. The van der Waals surface area contributed by atoms with Gasteiger partial charge in [0.15, 0.2) is 0 Å². The lowest BCUT2D eigenvalue weighted by molar-refractivity contribution is 0.421. The van der Waals surface area contributed by atoms with E-state index in [4.69, 9.17) is 0 Å². The Bertz CT molecular complexity index is 565. The van der Waals surface area contributed by atoms with E-state index in [0.717, 1.165) is 19.6 Å². The molecule has 3 nitrogen and oxygen atoms in total. The average Bonchev–Trinajstić information content (AvgIpc) is 2.90. The standard InChI is InChI=1S/C17H23N3S/c1-13(2)7-15-10-20(11-16-9-18-12-21-16)17-6-4-3-5-14(17)8-19-15/h3-6,9,12-13,15,19H,7-8,10-11H2,1-2H3. The third kappa shape index (κ3) is 3.63. The van der Waals surface area contributed by atoms with Crippen LogP contribution in [0.1, 0.15) is 30.7 Å². The SMILES string of the molecule is CC(C)CC1CN(Cc2cncs2)c2ccccc2CN1. The number of nitrogens with zero attached hydrogens (tertiary/aromatic N) is 2. The van der Waals surface area contributed by atoms with Crippen molar-refractivity contribution in [2.75, 3.05) is 11.4 Å². The summed E-state index contributed by atoms with van der Waals surface area (Å²) in [5, 5.41) is 3.72. The third-order valence-electron chi connectivity index (χ3n) is 3.94. The number of nitrogens with one attached hydrogen (secondary N) is 1. The summed E-state index contributed by atoms with van der Waals surface area (Å²) < 4.78 is 0. The van der Waals surface area contributed by atoms with E-state index in [1.807, 2.05) is 11.7 Å². The van der Waals surface area contributed by atoms with Crippen molar-refractivity contribution in [1.82, 2.24) is 10.3 Å². The van der Waals surface area contributed by atoms with E-state index in [1.54, 1.807) is 11.3 Å². The highest BCUT2D eigenvalue weighted by atomic mass is 32.1. The number of hydrogen-bond acceptors (Lipinski definition) is 4. The van der Waals surface area contributed by atoms with Crippen LogP contribution in [0.25, 0.3) is 0 Å². The Morgan fingerprint density at radius 2 is 2.24 bits per heavy atom. The predicted octanol–water partition coefficient (Wildman–Crippen LogP) is 3.67. The number of aromatic nitrogens is 1. The highest BCUT2D eigenvalue weighted by Gasteiger charge is 2.22. The van der Waals surface area contributed by atoms with Crippen LogP contribution in [0.2, 0.25) is 0 Å². The summed E-state index contributed by atoms with van der Waals surface area (Å²) in [4.78, 5) is 8.05. The number of hydrogen-bond donors (Lipinski definition) is 1. The first-order valence-electron chi connectivity index (χ1n) is 7.66. The molecule has 1 N–H and O–H groups in total. The van der Waals surface area contributed by atoms with Crippen LogP contribution in [0.15, 0.2) is 36.0 Å². The zero-order valence-corrected chi connectivity index (χ0v) is 13.6. The quantitative estimate of drug-likeness (QED) is 0.934.